The molecule has 2 rings (SSSR count). The minimum absolute atomic E-state index is 0.0467. The van der Waals surface area contributed by atoms with Crippen molar-refractivity contribution >= 4 is 17.6 Å². The van der Waals surface area contributed by atoms with Crippen molar-refractivity contribution in [2.75, 3.05) is 12.4 Å². The maximum atomic E-state index is 4.68. The van der Waals surface area contributed by atoms with Crippen LogP contribution < -0.4 is 5.32 Å². The molecule has 0 fully saturated rings. The predicted molar refractivity (Wildman–Crippen MR) is 86.3 cm³/mol. The number of thioether (sulfide) groups is 1. The SMILES string of the molecule is CNc1cc(SCc2ccccc2)nc(C(C)(C)C)n1. The average molecular weight is 287 g/mol. The van der Waals surface area contributed by atoms with E-state index in [-0.39, 0.29) is 5.41 Å². The van der Waals surface area contributed by atoms with Gasteiger partial charge in [-0.25, -0.2) is 9.97 Å². The summed E-state index contributed by atoms with van der Waals surface area (Å²) in [6, 6.07) is 12.4. The van der Waals surface area contributed by atoms with Crippen LogP contribution in [0.15, 0.2) is 41.4 Å². The van der Waals surface area contributed by atoms with Crippen LogP contribution in [0.5, 0.6) is 0 Å². The molecule has 1 N–H and O–H groups in total. The Morgan fingerprint density at radius 2 is 1.80 bits per heavy atom. The van der Waals surface area contributed by atoms with Gasteiger partial charge in [0, 0.05) is 24.3 Å². The summed E-state index contributed by atoms with van der Waals surface area (Å²) in [6.07, 6.45) is 0. The molecule has 0 aliphatic carbocycles. The lowest BCUT2D eigenvalue weighted by Crippen LogP contribution is -2.17. The highest BCUT2D eigenvalue weighted by Gasteiger charge is 2.19. The Hall–Kier alpha value is -1.55. The fourth-order valence-corrected chi connectivity index (χ4v) is 2.55. The highest BCUT2D eigenvalue weighted by Crippen LogP contribution is 2.26. The van der Waals surface area contributed by atoms with Gasteiger partial charge < -0.3 is 5.32 Å². The third-order valence-corrected chi connectivity index (χ3v) is 3.84. The molecular weight excluding hydrogens is 266 g/mol. The van der Waals surface area contributed by atoms with Gasteiger partial charge in [0.1, 0.15) is 16.7 Å². The number of hydrogen-bond acceptors (Lipinski definition) is 4. The molecule has 20 heavy (non-hydrogen) atoms. The van der Waals surface area contributed by atoms with Crippen LogP contribution in [-0.4, -0.2) is 17.0 Å². The lowest BCUT2D eigenvalue weighted by atomic mass is 9.96. The first-order valence-corrected chi connectivity index (χ1v) is 7.71. The standard InChI is InChI=1S/C16H21N3S/c1-16(2,3)15-18-13(17-4)10-14(19-15)20-11-12-8-6-5-7-9-12/h5-10H,11H2,1-4H3,(H,17,18,19). The monoisotopic (exact) mass is 287 g/mol. The minimum Gasteiger partial charge on any atom is -0.373 e. The molecule has 0 saturated heterocycles. The van der Waals surface area contributed by atoms with Gasteiger partial charge in [0.25, 0.3) is 0 Å². The van der Waals surface area contributed by atoms with Gasteiger partial charge in [-0.2, -0.15) is 0 Å². The molecule has 0 saturated carbocycles. The van der Waals surface area contributed by atoms with Crippen molar-refractivity contribution in [3.05, 3.63) is 47.8 Å². The lowest BCUT2D eigenvalue weighted by molar-refractivity contribution is 0.539. The van der Waals surface area contributed by atoms with Crippen molar-refractivity contribution in [2.24, 2.45) is 0 Å². The molecule has 2 aromatic rings. The summed E-state index contributed by atoms with van der Waals surface area (Å²) in [5.41, 5.74) is 1.26. The molecule has 1 heterocycles. The highest BCUT2D eigenvalue weighted by molar-refractivity contribution is 7.98. The molecular formula is C16H21N3S. The molecule has 1 aromatic heterocycles. The fourth-order valence-electron chi connectivity index (χ4n) is 1.69. The Balaban J connectivity index is 2.19. The third-order valence-electron chi connectivity index (χ3n) is 2.86. The topological polar surface area (TPSA) is 37.8 Å². The van der Waals surface area contributed by atoms with Crippen LogP contribution in [0.4, 0.5) is 5.82 Å². The van der Waals surface area contributed by atoms with E-state index < -0.39 is 0 Å². The third kappa shape index (κ3) is 3.97. The Labute approximate surface area is 125 Å². The summed E-state index contributed by atoms with van der Waals surface area (Å²) in [5.74, 6) is 2.67. The van der Waals surface area contributed by atoms with Crippen LogP contribution >= 0.6 is 11.8 Å². The van der Waals surface area contributed by atoms with Gasteiger partial charge >= 0.3 is 0 Å². The van der Waals surface area contributed by atoms with E-state index in [0.29, 0.717) is 0 Å². The minimum atomic E-state index is -0.0467. The number of hydrogen-bond donors (Lipinski definition) is 1. The number of rotatable bonds is 4. The molecule has 0 radical (unpaired) electrons. The maximum absolute atomic E-state index is 4.68. The van der Waals surface area contributed by atoms with E-state index in [1.54, 1.807) is 11.8 Å². The molecule has 4 heteroatoms. The van der Waals surface area contributed by atoms with Crippen LogP contribution in [0.25, 0.3) is 0 Å². The van der Waals surface area contributed by atoms with Gasteiger partial charge in [-0.15, -0.1) is 11.8 Å². The van der Waals surface area contributed by atoms with Gasteiger partial charge in [-0.3, -0.25) is 0 Å². The van der Waals surface area contributed by atoms with Crippen LogP contribution in [0, 0.1) is 0 Å². The van der Waals surface area contributed by atoms with E-state index in [1.165, 1.54) is 5.56 Å². The van der Waals surface area contributed by atoms with Crippen LogP contribution in [0.3, 0.4) is 0 Å². The smallest absolute Gasteiger partial charge is 0.137 e. The molecule has 0 unspecified atom stereocenters. The zero-order chi connectivity index (χ0) is 14.6. The first-order chi connectivity index (χ1) is 9.49. The second-order valence-electron chi connectivity index (χ2n) is 5.69. The number of nitrogens with zero attached hydrogens (tertiary/aromatic N) is 2. The Bertz CT molecular complexity index is 562. The Morgan fingerprint density at radius 3 is 2.40 bits per heavy atom. The maximum Gasteiger partial charge on any atom is 0.137 e. The first kappa shape index (κ1) is 14.9. The zero-order valence-corrected chi connectivity index (χ0v) is 13.3. The number of aromatic nitrogens is 2. The summed E-state index contributed by atoms with van der Waals surface area (Å²) in [5, 5.41) is 4.13. The summed E-state index contributed by atoms with van der Waals surface area (Å²) in [7, 11) is 1.89. The van der Waals surface area contributed by atoms with Crippen molar-refractivity contribution < 1.29 is 0 Å². The van der Waals surface area contributed by atoms with Crippen molar-refractivity contribution in [3.8, 4) is 0 Å². The van der Waals surface area contributed by atoms with E-state index >= 15 is 0 Å². The zero-order valence-electron chi connectivity index (χ0n) is 12.5. The predicted octanol–water partition coefficient (Wildman–Crippen LogP) is 4.11. The van der Waals surface area contributed by atoms with E-state index in [2.05, 4.69) is 60.3 Å². The number of anilines is 1. The summed E-state index contributed by atoms with van der Waals surface area (Å²) in [4.78, 5) is 9.22. The number of benzene rings is 1. The summed E-state index contributed by atoms with van der Waals surface area (Å²) in [6.45, 7) is 6.40. The van der Waals surface area contributed by atoms with E-state index in [4.69, 9.17) is 0 Å². The molecule has 0 atom stereocenters. The van der Waals surface area contributed by atoms with Crippen LogP contribution in [0.2, 0.25) is 0 Å². The van der Waals surface area contributed by atoms with Crippen LogP contribution in [0.1, 0.15) is 32.2 Å². The molecule has 0 aliphatic heterocycles. The van der Waals surface area contributed by atoms with Crippen molar-refractivity contribution in [1.29, 1.82) is 0 Å². The van der Waals surface area contributed by atoms with Gasteiger partial charge in [-0.05, 0) is 5.56 Å². The van der Waals surface area contributed by atoms with E-state index in [1.807, 2.05) is 19.2 Å². The molecule has 0 spiro atoms. The summed E-state index contributed by atoms with van der Waals surface area (Å²) < 4.78 is 0. The molecule has 3 nitrogen and oxygen atoms in total. The quantitative estimate of drug-likeness (QED) is 0.678. The van der Waals surface area contributed by atoms with Crippen LogP contribution in [-0.2, 0) is 11.2 Å². The Kier molecular flexibility index (Phi) is 4.65. The normalized spacial score (nSPS) is 11.4. The van der Waals surface area contributed by atoms with Gasteiger partial charge in [0.15, 0.2) is 0 Å². The molecule has 106 valence electrons. The number of nitrogens with one attached hydrogen (secondary N) is 1. The molecule has 1 aromatic carbocycles. The van der Waals surface area contributed by atoms with E-state index in [0.717, 1.165) is 22.4 Å². The van der Waals surface area contributed by atoms with Gasteiger partial charge in [0.2, 0.25) is 0 Å². The van der Waals surface area contributed by atoms with Crippen molar-refractivity contribution in [1.82, 2.24) is 9.97 Å². The van der Waals surface area contributed by atoms with Gasteiger partial charge in [-0.1, -0.05) is 51.1 Å². The second-order valence-corrected chi connectivity index (χ2v) is 6.68. The van der Waals surface area contributed by atoms with Gasteiger partial charge in [0.05, 0.1) is 0 Å². The lowest BCUT2D eigenvalue weighted by Gasteiger charge is -2.18. The molecule has 0 amide bonds. The largest absolute Gasteiger partial charge is 0.373 e. The first-order valence-electron chi connectivity index (χ1n) is 6.73. The Morgan fingerprint density at radius 1 is 1.10 bits per heavy atom. The van der Waals surface area contributed by atoms with Crippen molar-refractivity contribution in [3.63, 3.8) is 0 Å². The highest BCUT2D eigenvalue weighted by atomic mass is 32.2. The summed E-state index contributed by atoms with van der Waals surface area (Å²) >= 11 is 1.74. The average Bonchev–Trinajstić information content (AvgIpc) is 2.45. The van der Waals surface area contributed by atoms with E-state index in [9.17, 15) is 0 Å². The molecule has 0 bridgehead atoms. The second kappa shape index (κ2) is 6.27. The van der Waals surface area contributed by atoms with Crippen molar-refractivity contribution in [2.45, 2.75) is 37.0 Å². The molecule has 0 aliphatic rings. The fraction of sp³-hybridized carbons (Fsp3) is 0.375.